The minimum absolute atomic E-state index is 0.332. The molecule has 0 fully saturated rings. The van der Waals surface area contributed by atoms with Gasteiger partial charge in [-0.25, -0.2) is 13.8 Å². The molecule has 0 aliphatic rings. The van der Waals surface area contributed by atoms with E-state index < -0.39 is 37.3 Å². The zero-order valence-electron chi connectivity index (χ0n) is 12.1. The molecule has 0 atom stereocenters. The van der Waals surface area contributed by atoms with E-state index in [1.807, 2.05) is 12.1 Å². The monoisotopic (exact) mass is 364 g/mol. The molecule has 1 aromatic carbocycles. The van der Waals surface area contributed by atoms with Crippen molar-refractivity contribution >= 4 is 38.6 Å². The zero-order chi connectivity index (χ0) is 17.7. The van der Waals surface area contributed by atoms with Gasteiger partial charge < -0.3 is 10.1 Å². The van der Waals surface area contributed by atoms with E-state index in [0.29, 0.717) is 10.6 Å². The Balaban J connectivity index is 1.77. The standard InChI is InChI=1S/C14H12F4N2O3S/c15-12(16)14(17,18)7-23-11(22)6-5-10(21)20-13-19-8-3-1-2-4-9(8)24-13/h1-4,12H,5-7H2,(H,19,20,21). The van der Waals surface area contributed by atoms with Crippen LogP contribution in [0.2, 0.25) is 0 Å². The Morgan fingerprint density at radius 1 is 1.25 bits per heavy atom. The fourth-order valence-electron chi connectivity index (χ4n) is 1.63. The average molecular weight is 364 g/mol. The van der Waals surface area contributed by atoms with Crippen molar-refractivity contribution in [3.05, 3.63) is 24.3 Å². The van der Waals surface area contributed by atoms with Gasteiger partial charge in [-0.15, -0.1) is 0 Å². The fraction of sp³-hybridized carbons (Fsp3) is 0.357. The first-order chi connectivity index (χ1) is 11.3. The predicted molar refractivity (Wildman–Crippen MR) is 79.4 cm³/mol. The topological polar surface area (TPSA) is 68.3 Å². The molecule has 0 spiro atoms. The summed E-state index contributed by atoms with van der Waals surface area (Å²) in [5.41, 5.74) is 0.700. The van der Waals surface area contributed by atoms with Gasteiger partial charge in [-0.3, -0.25) is 9.59 Å². The molecular weight excluding hydrogens is 352 g/mol. The van der Waals surface area contributed by atoms with Crippen molar-refractivity contribution in [1.29, 1.82) is 0 Å². The summed E-state index contributed by atoms with van der Waals surface area (Å²) in [5.74, 6) is -6.12. The molecule has 1 N–H and O–H groups in total. The number of nitrogens with zero attached hydrogens (tertiary/aromatic N) is 1. The molecule has 0 aliphatic carbocycles. The van der Waals surface area contributed by atoms with Crippen molar-refractivity contribution in [1.82, 2.24) is 4.98 Å². The molecule has 0 radical (unpaired) electrons. The number of rotatable bonds is 7. The van der Waals surface area contributed by atoms with E-state index in [9.17, 15) is 27.2 Å². The molecule has 0 saturated heterocycles. The normalized spacial score (nSPS) is 11.7. The smallest absolute Gasteiger partial charge is 0.340 e. The lowest BCUT2D eigenvalue weighted by Gasteiger charge is -2.14. The first kappa shape index (κ1) is 18.1. The third-order valence-electron chi connectivity index (χ3n) is 2.84. The lowest BCUT2D eigenvalue weighted by Crippen LogP contribution is -2.33. The van der Waals surface area contributed by atoms with Crippen LogP contribution in [0.5, 0.6) is 0 Å². The van der Waals surface area contributed by atoms with E-state index in [1.165, 1.54) is 11.3 Å². The summed E-state index contributed by atoms with van der Waals surface area (Å²) < 4.78 is 53.9. The number of anilines is 1. The quantitative estimate of drug-likeness (QED) is 0.604. The summed E-state index contributed by atoms with van der Waals surface area (Å²) in [5, 5.41) is 2.80. The molecule has 5 nitrogen and oxygen atoms in total. The summed E-state index contributed by atoms with van der Waals surface area (Å²) in [6.45, 7) is -1.72. The molecule has 0 aliphatic heterocycles. The molecule has 1 aromatic heterocycles. The van der Waals surface area contributed by atoms with Crippen molar-refractivity contribution in [3.8, 4) is 0 Å². The van der Waals surface area contributed by atoms with E-state index in [2.05, 4.69) is 15.0 Å². The number of ether oxygens (including phenoxy) is 1. The van der Waals surface area contributed by atoms with E-state index in [1.54, 1.807) is 12.1 Å². The number of aromatic nitrogens is 1. The molecule has 2 rings (SSSR count). The van der Waals surface area contributed by atoms with Crippen LogP contribution >= 0.6 is 11.3 Å². The second-order valence-electron chi connectivity index (χ2n) is 4.76. The van der Waals surface area contributed by atoms with Crippen LogP contribution in [0.4, 0.5) is 22.7 Å². The lowest BCUT2D eigenvalue weighted by atomic mass is 10.3. The summed E-state index contributed by atoms with van der Waals surface area (Å²) in [6, 6.07) is 7.20. The SMILES string of the molecule is O=C(CCC(=O)OCC(F)(F)C(F)F)Nc1nc2ccccc2s1. The molecule has 24 heavy (non-hydrogen) atoms. The van der Waals surface area contributed by atoms with Gasteiger partial charge in [0.15, 0.2) is 11.7 Å². The number of hydrogen-bond donors (Lipinski definition) is 1. The van der Waals surface area contributed by atoms with Crippen LogP contribution in [0.25, 0.3) is 10.2 Å². The number of alkyl halides is 4. The van der Waals surface area contributed by atoms with E-state index in [-0.39, 0.29) is 6.42 Å². The molecule has 1 amide bonds. The van der Waals surface area contributed by atoms with E-state index >= 15 is 0 Å². The lowest BCUT2D eigenvalue weighted by molar-refractivity contribution is -0.179. The van der Waals surface area contributed by atoms with E-state index in [4.69, 9.17) is 0 Å². The second kappa shape index (κ2) is 7.56. The zero-order valence-corrected chi connectivity index (χ0v) is 12.9. The number of amides is 1. The molecule has 0 saturated carbocycles. The van der Waals surface area contributed by atoms with Crippen molar-refractivity contribution < 1.29 is 31.9 Å². The number of thiazole rings is 1. The van der Waals surface area contributed by atoms with Crippen LogP contribution in [-0.4, -0.2) is 35.8 Å². The summed E-state index contributed by atoms with van der Waals surface area (Å²) in [4.78, 5) is 27.1. The van der Waals surface area contributed by atoms with E-state index in [0.717, 1.165) is 4.70 Å². The molecule has 0 bridgehead atoms. The maximum Gasteiger partial charge on any atom is 0.340 e. The fourth-order valence-corrected chi connectivity index (χ4v) is 2.52. The first-order valence-electron chi connectivity index (χ1n) is 6.75. The van der Waals surface area contributed by atoms with Crippen LogP contribution < -0.4 is 5.32 Å². The third kappa shape index (κ3) is 4.88. The van der Waals surface area contributed by atoms with Gasteiger partial charge in [-0.2, -0.15) is 8.78 Å². The van der Waals surface area contributed by atoms with Gasteiger partial charge in [0.25, 0.3) is 0 Å². The van der Waals surface area contributed by atoms with Crippen LogP contribution in [0, 0.1) is 0 Å². The van der Waals surface area contributed by atoms with Crippen LogP contribution in [0.3, 0.4) is 0 Å². The summed E-state index contributed by atoms with van der Waals surface area (Å²) in [6.07, 6.45) is -4.77. The van der Waals surface area contributed by atoms with Crippen molar-refractivity contribution in [2.45, 2.75) is 25.2 Å². The number of para-hydroxylation sites is 1. The van der Waals surface area contributed by atoms with Crippen molar-refractivity contribution in [3.63, 3.8) is 0 Å². The van der Waals surface area contributed by atoms with Gasteiger partial charge in [0.2, 0.25) is 5.91 Å². The Labute approximate surface area is 137 Å². The highest BCUT2D eigenvalue weighted by atomic mass is 32.1. The number of hydrogen-bond acceptors (Lipinski definition) is 5. The number of carbonyl (C=O) groups excluding carboxylic acids is 2. The van der Waals surface area contributed by atoms with Gasteiger partial charge in [-0.1, -0.05) is 23.5 Å². The number of esters is 1. The molecule has 2 aromatic rings. The van der Waals surface area contributed by atoms with Gasteiger partial charge in [-0.05, 0) is 12.1 Å². The Bertz CT molecular complexity index is 703. The Hall–Kier alpha value is -2.23. The first-order valence-corrected chi connectivity index (χ1v) is 7.56. The maximum absolute atomic E-state index is 12.6. The number of fused-ring (bicyclic) bond motifs is 1. The minimum atomic E-state index is -4.40. The second-order valence-corrected chi connectivity index (χ2v) is 5.79. The highest BCUT2D eigenvalue weighted by molar-refractivity contribution is 7.22. The number of carbonyl (C=O) groups is 2. The Kier molecular flexibility index (Phi) is 5.71. The summed E-state index contributed by atoms with van der Waals surface area (Å²) in [7, 11) is 0. The van der Waals surface area contributed by atoms with Crippen molar-refractivity contribution in [2.24, 2.45) is 0 Å². The van der Waals surface area contributed by atoms with Gasteiger partial charge in [0.05, 0.1) is 16.6 Å². The minimum Gasteiger partial charge on any atom is -0.459 e. The largest absolute Gasteiger partial charge is 0.459 e. The number of nitrogens with one attached hydrogen (secondary N) is 1. The summed E-state index contributed by atoms with van der Waals surface area (Å²) >= 11 is 1.23. The van der Waals surface area contributed by atoms with Gasteiger partial charge in [0.1, 0.15) is 0 Å². The molecule has 10 heteroatoms. The number of halogens is 4. The predicted octanol–water partition coefficient (Wildman–Crippen LogP) is 3.46. The van der Waals surface area contributed by atoms with Crippen LogP contribution in [-0.2, 0) is 14.3 Å². The highest BCUT2D eigenvalue weighted by Crippen LogP contribution is 2.25. The Morgan fingerprint density at radius 2 is 1.96 bits per heavy atom. The maximum atomic E-state index is 12.6. The average Bonchev–Trinajstić information content (AvgIpc) is 2.93. The molecule has 1 heterocycles. The van der Waals surface area contributed by atoms with Crippen molar-refractivity contribution in [2.75, 3.05) is 11.9 Å². The highest BCUT2D eigenvalue weighted by Gasteiger charge is 2.42. The van der Waals surface area contributed by atoms with Crippen LogP contribution in [0.1, 0.15) is 12.8 Å². The molecule has 0 unspecified atom stereocenters. The van der Waals surface area contributed by atoms with Gasteiger partial charge in [0, 0.05) is 6.42 Å². The molecular formula is C14H12F4N2O3S. The Morgan fingerprint density at radius 3 is 2.62 bits per heavy atom. The number of benzene rings is 1. The van der Waals surface area contributed by atoms with Gasteiger partial charge >= 0.3 is 18.3 Å². The van der Waals surface area contributed by atoms with Crippen LogP contribution in [0.15, 0.2) is 24.3 Å². The third-order valence-corrected chi connectivity index (χ3v) is 3.79. The molecule has 130 valence electrons.